The summed E-state index contributed by atoms with van der Waals surface area (Å²) in [7, 11) is 0. The Kier molecular flexibility index (Phi) is 7.10. The van der Waals surface area contributed by atoms with Gasteiger partial charge in [0.1, 0.15) is 6.29 Å². The number of carbonyl (C=O) groups is 1. The summed E-state index contributed by atoms with van der Waals surface area (Å²) >= 11 is 0. The SMILES string of the molecule is CC1(c2cccc3ccccc23)CC1.CCc1ccccc1C=O.[Y]. The molecule has 0 atom stereocenters. The van der Waals surface area contributed by atoms with E-state index in [4.69, 9.17) is 0 Å². The zero-order valence-corrected chi connectivity index (χ0v) is 17.9. The van der Waals surface area contributed by atoms with Gasteiger partial charge < -0.3 is 0 Å². The van der Waals surface area contributed by atoms with Crippen LogP contribution in [0.1, 0.15) is 48.2 Å². The third-order valence-corrected chi connectivity index (χ3v) is 5.00. The van der Waals surface area contributed by atoms with Crippen molar-refractivity contribution in [1.82, 2.24) is 0 Å². The minimum atomic E-state index is 0. The van der Waals surface area contributed by atoms with Gasteiger partial charge in [-0.3, -0.25) is 4.79 Å². The van der Waals surface area contributed by atoms with Crippen LogP contribution in [0, 0.1) is 0 Å². The van der Waals surface area contributed by atoms with E-state index in [9.17, 15) is 4.79 Å². The molecule has 0 aromatic heterocycles. The molecule has 0 aliphatic heterocycles. The van der Waals surface area contributed by atoms with Gasteiger partial charge in [-0.15, -0.1) is 0 Å². The van der Waals surface area contributed by atoms with E-state index in [2.05, 4.69) is 49.4 Å². The van der Waals surface area contributed by atoms with Gasteiger partial charge in [-0.1, -0.05) is 80.6 Å². The van der Waals surface area contributed by atoms with E-state index in [0.717, 1.165) is 23.8 Å². The second kappa shape index (κ2) is 8.87. The Balaban J connectivity index is 0.000000184. The van der Waals surface area contributed by atoms with E-state index in [1.54, 1.807) is 0 Å². The number of fused-ring (bicyclic) bond motifs is 1. The molecule has 1 aliphatic rings. The molecule has 0 heterocycles. The molecular weight excluding hydrogens is 381 g/mol. The summed E-state index contributed by atoms with van der Waals surface area (Å²) in [6, 6.07) is 23.0. The van der Waals surface area contributed by atoms with Crippen molar-refractivity contribution in [3.8, 4) is 0 Å². The van der Waals surface area contributed by atoms with E-state index in [-0.39, 0.29) is 32.7 Å². The number of aldehydes is 1. The Bertz CT molecular complexity index is 844. The smallest absolute Gasteiger partial charge is 0.150 e. The van der Waals surface area contributed by atoms with Crippen LogP contribution in [0.3, 0.4) is 0 Å². The Labute approximate surface area is 175 Å². The van der Waals surface area contributed by atoms with Gasteiger partial charge in [0.05, 0.1) is 0 Å². The van der Waals surface area contributed by atoms with Crippen LogP contribution in [0.25, 0.3) is 10.8 Å². The van der Waals surface area contributed by atoms with Gasteiger partial charge in [0.15, 0.2) is 0 Å². The molecule has 0 unspecified atom stereocenters. The van der Waals surface area contributed by atoms with Gasteiger partial charge in [-0.2, -0.15) is 0 Å². The standard InChI is InChI=1S/C14H14.C9H10O.Y/c1-14(9-10-14)13-8-4-6-11-5-2-3-7-12(11)13;1-2-8-5-3-4-6-9(8)7-10;/h2-8H,9-10H2,1H3;3-7H,2H2,1H3;. The van der Waals surface area contributed by atoms with Gasteiger partial charge in [0.2, 0.25) is 0 Å². The molecule has 1 fully saturated rings. The van der Waals surface area contributed by atoms with Crippen molar-refractivity contribution in [2.45, 2.75) is 38.5 Å². The summed E-state index contributed by atoms with van der Waals surface area (Å²) in [4.78, 5) is 10.4. The fourth-order valence-corrected chi connectivity index (χ4v) is 3.18. The number of rotatable bonds is 3. The van der Waals surface area contributed by atoms with Crippen LogP contribution in [0.4, 0.5) is 0 Å². The molecule has 0 amide bonds. The molecule has 25 heavy (non-hydrogen) atoms. The fraction of sp³-hybridized carbons (Fsp3) is 0.261. The predicted octanol–water partition coefficient (Wildman–Crippen LogP) is 5.95. The van der Waals surface area contributed by atoms with Crippen molar-refractivity contribution < 1.29 is 37.5 Å². The van der Waals surface area contributed by atoms with Crippen LogP contribution < -0.4 is 0 Å². The second-order valence-electron chi connectivity index (χ2n) is 6.76. The molecule has 4 rings (SSSR count). The zero-order chi connectivity index (χ0) is 17.0. The van der Waals surface area contributed by atoms with E-state index >= 15 is 0 Å². The van der Waals surface area contributed by atoms with Crippen LogP contribution in [-0.4, -0.2) is 6.29 Å². The number of benzene rings is 3. The van der Waals surface area contributed by atoms with Crippen LogP contribution in [0.5, 0.6) is 0 Å². The van der Waals surface area contributed by atoms with E-state index in [0.29, 0.717) is 5.41 Å². The van der Waals surface area contributed by atoms with E-state index < -0.39 is 0 Å². The first-order chi connectivity index (χ1) is 11.7. The maximum Gasteiger partial charge on any atom is 0.150 e. The average Bonchev–Trinajstić information content (AvgIpc) is 3.40. The zero-order valence-electron chi connectivity index (χ0n) is 15.0. The fourth-order valence-electron chi connectivity index (χ4n) is 3.18. The third-order valence-electron chi connectivity index (χ3n) is 5.00. The van der Waals surface area contributed by atoms with Gasteiger partial charge in [-0.25, -0.2) is 0 Å². The summed E-state index contributed by atoms with van der Waals surface area (Å²) in [5.41, 5.74) is 3.94. The molecule has 0 bridgehead atoms. The first-order valence-corrected chi connectivity index (χ1v) is 8.69. The van der Waals surface area contributed by atoms with Gasteiger partial charge >= 0.3 is 0 Å². The summed E-state index contributed by atoms with van der Waals surface area (Å²) in [6.45, 7) is 4.41. The number of carbonyl (C=O) groups excluding carboxylic acids is 1. The molecule has 125 valence electrons. The van der Waals surface area contributed by atoms with Crippen molar-refractivity contribution in [2.75, 3.05) is 0 Å². The predicted molar refractivity (Wildman–Crippen MR) is 102 cm³/mol. The van der Waals surface area contributed by atoms with E-state index in [1.807, 2.05) is 31.2 Å². The largest absolute Gasteiger partial charge is 0.298 e. The Morgan fingerprint density at radius 3 is 2.20 bits per heavy atom. The maximum absolute atomic E-state index is 10.4. The number of hydrogen-bond donors (Lipinski definition) is 0. The van der Waals surface area contributed by atoms with Crippen LogP contribution >= 0.6 is 0 Å². The minimum absolute atomic E-state index is 0. The minimum Gasteiger partial charge on any atom is -0.298 e. The molecule has 1 nitrogen and oxygen atoms in total. The maximum atomic E-state index is 10.4. The molecule has 2 heteroatoms. The Hall–Kier alpha value is -1.31. The summed E-state index contributed by atoms with van der Waals surface area (Å²) < 4.78 is 0. The van der Waals surface area contributed by atoms with Gasteiger partial charge in [-0.05, 0) is 46.6 Å². The number of aryl methyl sites for hydroxylation is 1. The third kappa shape index (κ3) is 4.65. The first-order valence-electron chi connectivity index (χ1n) is 8.69. The quantitative estimate of drug-likeness (QED) is 0.492. The van der Waals surface area contributed by atoms with Crippen molar-refractivity contribution in [1.29, 1.82) is 0 Å². The summed E-state index contributed by atoms with van der Waals surface area (Å²) in [6.07, 6.45) is 4.52. The van der Waals surface area contributed by atoms with Gasteiger partial charge in [0, 0.05) is 38.3 Å². The van der Waals surface area contributed by atoms with Gasteiger partial charge in [0.25, 0.3) is 0 Å². The number of hydrogen-bond acceptors (Lipinski definition) is 1. The molecule has 1 saturated carbocycles. The summed E-state index contributed by atoms with van der Waals surface area (Å²) in [5.74, 6) is 0. The Morgan fingerprint density at radius 1 is 0.920 bits per heavy atom. The Morgan fingerprint density at radius 2 is 1.56 bits per heavy atom. The molecule has 0 saturated heterocycles. The molecular formula is C23H24OY. The first kappa shape index (κ1) is 20.0. The van der Waals surface area contributed by atoms with Crippen molar-refractivity contribution >= 4 is 17.1 Å². The molecule has 1 radical (unpaired) electrons. The normalized spacial score (nSPS) is 14.0. The van der Waals surface area contributed by atoms with Crippen LogP contribution in [0.15, 0.2) is 66.7 Å². The van der Waals surface area contributed by atoms with E-state index in [1.165, 1.54) is 29.2 Å². The monoisotopic (exact) mass is 405 g/mol. The molecule has 1 aliphatic carbocycles. The molecule has 3 aromatic carbocycles. The van der Waals surface area contributed by atoms with Crippen LogP contribution in [-0.2, 0) is 44.5 Å². The van der Waals surface area contributed by atoms with Crippen molar-refractivity contribution in [3.05, 3.63) is 83.4 Å². The van der Waals surface area contributed by atoms with Crippen LogP contribution in [0.2, 0.25) is 0 Å². The molecule has 3 aromatic rings. The topological polar surface area (TPSA) is 17.1 Å². The summed E-state index contributed by atoms with van der Waals surface area (Å²) in [5, 5.41) is 2.81. The van der Waals surface area contributed by atoms with Crippen molar-refractivity contribution in [2.24, 2.45) is 0 Å². The second-order valence-corrected chi connectivity index (χ2v) is 6.76. The molecule has 0 spiro atoms. The average molecular weight is 405 g/mol. The van der Waals surface area contributed by atoms with Crippen molar-refractivity contribution in [3.63, 3.8) is 0 Å². The molecule has 0 N–H and O–H groups in total.